The molecule has 48 heavy (non-hydrogen) atoms. The van der Waals surface area contributed by atoms with Gasteiger partial charge < -0.3 is 0 Å². The molecule has 0 fully saturated rings. The van der Waals surface area contributed by atoms with Gasteiger partial charge in [-0.05, 0) is 66.3 Å². The summed E-state index contributed by atoms with van der Waals surface area (Å²) >= 11 is 0. The molecule has 0 nitrogen and oxygen atoms in total. The predicted octanol–water partition coefficient (Wildman–Crippen LogP) is 14.0. The summed E-state index contributed by atoms with van der Waals surface area (Å²) in [6, 6.07) is 57.9. The second-order valence-electron chi connectivity index (χ2n) is 15.6. The van der Waals surface area contributed by atoms with Crippen molar-refractivity contribution in [1.29, 1.82) is 0 Å². The maximum atomic E-state index is 2.29. The van der Waals surface area contributed by atoms with E-state index in [2.05, 4.69) is 220 Å². The Kier molecular flexibility index (Phi) is 12.0. The molecule has 0 spiro atoms. The average molecular weight is 631 g/mol. The highest BCUT2D eigenvalue weighted by Gasteiger charge is 2.18. The van der Waals surface area contributed by atoms with Gasteiger partial charge in [0, 0.05) is 0 Å². The Hall–Kier alpha value is -4.68. The Labute approximate surface area is 291 Å². The number of rotatable bonds is 3. The van der Waals surface area contributed by atoms with Crippen molar-refractivity contribution in [2.24, 2.45) is 0 Å². The highest BCUT2D eigenvalue weighted by atomic mass is 14.2. The molecule has 0 heteroatoms. The molecule has 0 radical (unpaired) electrons. The maximum absolute atomic E-state index is 2.29. The van der Waals surface area contributed by atoms with Crippen molar-refractivity contribution >= 4 is 0 Å². The zero-order valence-corrected chi connectivity index (χ0v) is 30.6. The van der Waals surface area contributed by atoms with Gasteiger partial charge in [0.2, 0.25) is 0 Å². The van der Waals surface area contributed by atoms with Crippen LogP contribution in [-0.4, -0.2) is 0 Å². The van der Waals surface area contributed by atoms with Crippen molar-refractivity contribution < 1.29 is 0 Å². The Morgan fingerprint density at radius 1 is 0.271 bits per heavy atom. The molecule has 0 aromatic heterocycles. The van der Waals surface area contributed by atoms with Gasteiger partial charge in [-0.15, -0.1) is 0 Å². The lowest BCUT2D eigenvalue weighted by Crippen LogP contribution is -2.12. The van der Waals surface area contributed by atoms with Crippen LogP contribution in [0.3, 0.4) is 0 Å². The molecular formula is C48H54. The highest BCUT2D eigenvalue weighted by molar-refractivity contribution is 5.69. The topological polar surface area (TPSA) is 0 Å². The minimum absolute atomic E-state index is 0.187. The molecule has 0 amide bonds. The third-order valence-corrected chi connectivity index (χ3v) is 8.51. The van der Waals surface area contributed by atoms with Crippen LogP contribution in [0, 0.1) is 0 Å². The second kappa shape index (κ2) is 15.9. The van der Waals surface area contributed by atoms with E-state index in [1.54, 1.807) is 0 Å². The molecule has 0 aliphatic rings. The zero-order chi connectivity index (χ0) is 34.8. The Morgan fingerprint density at radius 2 is 0.667 bits per heavy atom. The van der Waals surface area contributed by atoms with Gasteiger partial charge in [-0.1, -0.05) is 226 Å². The number of benzene rings is 6. The van der Waals surface area contributed by atoms with Crippen LogP contribution in [0.4, 0.5) is 0 Å². The highest BCUT2D eigenvalue weighted by Crippen LogP contribution is 2.33. The number of hydrogen-bond acceptors (Lipinski definition) is 0. The first kappa shape index (κ1) is 36.2. The Morgan fingerprint density at radius 3 is 1.15 bits per heavy atom. The molecule has 6 rings (SSSR count). The van der Waals surface area contributed by atoms with Gasteiger partial charge in [-0.25, -0.2) is 0 Å². The minimum Gasteiger partial charge on any atom is -0.0622 e. The first-order valence-electron chi connectivity index (χ1n) is 17.2. The smallest absolute Gasteiger partial charge is 0.0126 e. The van der Waals surface area contributed by atoms with Crippen LogP contribution in [0.5, 0.6) is 0 Å². The van der Waals surface area contributed by atoms with E-state index in [0.29, 0.717) is 0 Å². The largest absolute Gasteiger partial charge is 0.0622 e. The fourth-order valence-electron chi connectivity index (χ4n) is 5.60. The number of hydrogen-bond donors (Lipinski definition) is 0. The molecular weight excluding hydrogens is 577 g/mol. The summed E-state index contributed by atoms with van der Waals surface area (Å²) in [4.78, 5) is 0. The van der Waals surface area contributed by atoms with Crippen molar-refractivity contribution in [2.75, 3.05) is 0 Å². The molecule has 0 atom stereocenters. The van der Waals surface area contributed by atoms with Gasteiger partial charge in [-0.3, -0.25) is 0 Å². The van der Waals surface area contributed by atoms with E-state index in [1.165, 1.54) is 50.1 Å². The lowest BCUT2D eigenvalue weighted by Gasteiger charge is -2.23. The third-order valence-electron chi connectivity index (χ3n) is 8.51. The quantitative estimate of drug-likeness (QED) is 0.182. The summed E-state index contributed by atoms with van der Waals surface area (Å²) in [5.41, 5.74) is 12.6. The standard InChI is InChI=1S/3C16H18/c1-16(2,3)15-12-8-7-11-14(15)13-9-5-4-6-10-13;1-16(2,3)15-11-7-10-14(12-15)13-8-5-4-6-9-13;1-16(2,3)15-11-9-14(10-12-15)13-7-5-4-6-8-13/h3*4-12H,1-3H3. The zero-order valence-electron chi connectivity index (χ0n) is 30.6. The molecule has 0 aliphatic heterocycles. The van der Waals surface area contributed by atoms with Gasteiger partial charge in [-0.2, -0.15) is 0 Å². The van der Waals surface area contributed by atoms with Crippen molar-refractivity contribution in [3.63, 3.8) is 0 Å². The normalized spacial score (nSPS) is 11.4. The summed E-state index contributed by atoms with van der Waals surface area (Å²) in [6.45, 7) is 20.2. The average Bonchev–Trinajstić information content (AvgIpc) is 3.09. The molecule has 0 saturated heterocycles. The molecule has 6 aromatic carbocycles. The third kappa shape index (κ3) is 10.4. The van der Waals surface area contributed by atoms with E-state index in [1.807, 2.05) is 6.07 Å². The molecule has 246 valence electrons. The fourth-order valence-corrected chi connectivity index (χ4v) is 5.60. The summed E-state index contributed by atoms with van der Waals surface area (Å²) in [6.07, 6.45) is 0. The van der Waals surface area contributed by atoms with E-state index in [9.17, 15) is 0 Å². The molecule has 0 aliphatic carbocycles. The Bertz CT molecular complexity index is 1810. The molecule has 0 unspecified atom stereocenters. The van der Waals surface area contributed by atoms with E-state index in [4.69, 9.17) is 0 Å². The van der Waals surface area contributed by atoms with E-state index < -0.39 is 0 Å². The second-order valence-corrected chi connectivity index (χ2v) is 15.6. The molecule has 6 aromatic rings. The molecule has 0 N–H and O–H groups in total. The van der Waals surface area contributed by atoms with Crippen LogP contribution in [0.2, 0.25) is 0 Å². The van der Waals surface area contributed by atoms with Gasteiger partial charge >= 0.3 is 0 Å². The van der Waals surface area contributed by atoms with Crippen LogP contribution in [0.1, 0.15) is 79.0 Å². The van der Waals surface area contributed by atoms with Crippen molar-refractivity contribution in [3.05, 3.63) is 180 Å². The van der Waals surface area contributed by atoms with E-state index in [-0.39, 0.29) is 16.2 Å². The lowest BCUT2D eigenvalue weighted by molar-refractivity contribution is 0.590. The summed E-state index contributed by atoms with van der Waals surface area (Å²) in [5.74, 6) is 0. The van der Waals surface area contributed by atoms with Gasteiger partial charge in [0.15, 0.2) is 0 Å². The summed E-state index contributed by atoms with van der Waals surface area (Å²) in [7, 11) is 0. The van der Waals surface area contributed by atoms with Crippen molar-refractivity contribution in [3.8, 4) is 33.4 Å². The minimum atomic E-state index is 0.187. The molecule has 0 heterocycles. The molecule has 0 saturated carbocycles. The summed E-state index contributed by atoms with van der Waals surface area (Å²) < 4.78 is 0. The monoisotopic (exact) mass is 630 g/mol. The van der Waals surface area contributed by atoms with Crippen LogP contribution in [0.15, 0.2) is 164 Å². The predicted molar refractivity (Wildman–Crippen MR) is 212 cm³/mol. The van der Waals surface area contributed by atoms with Crippen LogP contribution in [0.25, 0.3) is 33.4 Å². The lowest BCUT2D eigenvalue weighted by atomic mass is 9.82. The van der Waals surface area contributed by atoms with Crippen LogP contribution >= 0.6 is 0 Å². The van der Waals surface area contributed by atoms with E-state index >= 15 is 0 Å². The Balaban J connectivity index is 0.000000163. The van der Waals surface area contributed by atoms with Crippen LogP contribution < -0.4 is 0 Å². The van der Waals surface area contributed by atoms with Crippen LogP contribution in [-0.2, 0) is 16.2 Å². The van der Waals surface area contributed by atoms with Gasteiger partial charge in [0.25, 0.3) is 0 Å². The first-order valence-corrected chi connectivity index (χ1v) is 17.2. The van der Waals surface area contributed by atoms with Crippen molar-refractivity contribution in [2.45, 2.75) is 78.6 Å². The summed E-state index contributed by atoms with van der Waals surface area (Å²) in [5, 5.41) is 0. The molecule has 0 bridgehead atoms. The van der Waals surface area contributed by atoms with Crippen molar-refractivity contribution in [1.82, 2.24) is 0 Å². The van der Waals surface area contributed by atoms with Gasteiger partial charge in [0.1, 0.15) is 0 Å². The first-order chi connectivity index (χ1) is 22.7. The SMILES string of the molecule is CC(C)(C)c1ccc(-c2ccccc2)cc1.CC(C)(C)c1cccc(-c2ccccc2)c1.CC(C)(C)c1ccccc1-c1ccccc1. The van der Waals surface area contributed by atoms with E-state index in [0.717, 1.165) is 0 Å². The van der Waals surface area contributed by atoms with Gasteiger partial charge in [0.05, 0.1) is 0 Å². The fraction of sp³-hybridized carbons (Fsp3) is 0.250. The maximum Gasteiger partial charge on any atom is -0.0126 e.